The molecule has 0 spiro atoms. The third kappa shape index (κ3) is 4.24. The number of nitrogens with zero attached hydrogens (tertiary/aromatic N) is 1. The van der Waals surface area contributed by atoms with E-state index < -0.39 is 0 Å². The second-order valence-corrected chi connectivity index (χ2v) is 6.40. The molecular formula is C16H22N2O3S. The van der Waals surface area contributed by atoms with Crippen LogP contribution in [0.4, 0.5) is 5.69 Å². The van der Waals surface area contributed by atoms with Crippen molar-refractivity contribution in [3.8, 4) is 0 Å². The van der Waals surface area contributed by atoms with Crippen LogP contribution in [-0.2, 0) is 9.59 Å². The van der Waals surface area contributed by atoms with Gasteiger partial charge in [0, 0.05) is 18.7 Å². The van der Waals surface area contributed by atoms with Crippen molar-refractivity contribution in [1.82, 2.24) is 5.32 Å². The number of carbonyl (C=O) groups excluding carboxylic acids is 2. The van der Waals surface area contributed by atoms with Crippen molar-refractivity contribution in [3.63, 3.8) is 0 Å². The van der Waals surface area contributed by atoms with Gasteiger partial charge in [0.1, 0.15) is 0 Å². The number of nitrogens with one attached hydrogen (secondary N) is 1. The predicted octanol–water partition coefficient (Wildman–Crippen LogP) is 1.27. The summed E-state index contributed by atoms with van der Waals surface area (Å²) in [7, 11) is 0. The van der Waals surface area contributed by atoms with Gasteiger partial charge < -0.3 is 15.3 Å². The summed E-state index contributed by atoms with van der Waals surface area (Å²) < 4.78 is 0. The van der Waals surface area contributed by atoms with E-state index >= 15 is 0 Å². The fourth-order valence-electron chi connectivity index (χ4n) is 2.53. The maximum Gasteiger partial charge on any atom is 0.227 e. The highest BCUT2D eigenvalue weighted by Gasteiger charge is 2.35. The zero-order valence-corrected chi connectivity index (χ0v) is 13.5. The van der Waals surface area contributed by atoms with E-state index in [-0.39, 0.29) is 36.8 Å². The molecule has 1 aromatic carbocycles. The van der Waals surface area contributed by atoms with Gasteiger partial charge in [-0.25, -0.2) is 0 Å². The number of anilines is 1. The van der Waals surface area contributed by atoms with Crippen LogP contribution in [0.2, 0.25) is 0 Å². The molecule has 0 radical (unpaired) electrons. The molecule has 2 atom stereocenters. The molecule has 1 aromatic rings. The maximum atomic E-state index is 12.3. The number of hydrogen-bond donors (Lipinski definition) is 2. The van der Waals surface area contributed by atoms with E-state index in [4.69, 9.17) is 0 Å². The van der Waals surface area contributed by atoms with Crippen molar-refractivity contribution >= 4 is 29.3 Å². The highest BCUT2D eigenvalue weighted by molar-refractivity contribution is 7.98. The van der Waals surface area contributed by atoms with Crippen LogP contribution in [-0.4, -0.2) is 48.1 Å². The van der Waals surface area contributed by atoms with Gasteiger partial charge in [-0.15, -0.1) is 0 Å². The average Bonchev–Trinajstić information content (AvgIpc) is 2.94. The minimum Gasteiger partial charge on any atom is -0.394 e. The minimum atomic E-state index is -0.351. The fraction of sp³-hybridized carbons (Fsp3) is 0.500. The molecule has 1 aliphatic rings. The molecule has 1 fully saturated rings. The second-order valence-electron chi connectivity index (χ2n) is 5.41. The van der Waals surface area contributed by atoms with Gasteiger partial charge in [0.15, 0.2) is 0 Å². The highest BCUT2D eigenvalue weighted by atomic mass is 32.2. The summed E-state index contributed by atoms with van der Waals surface area (Å²) in [6.45, 7) is 0.324. The minimum absolute atomic E-state index is 0.0315. The normalized spacial score (nSPS) is 19.3. The molecule has 0 saturated carbocycles. The lowest BCUT2D eigenvalue weighted by atomic mass is 10.1. The number of aliphatic hydroxyl groups is 1. The Labute approximate surface area is 135 Å². The van der Waals surface area contributed by atoms with Crippen LogP contribution in [0.1, 0.15) is 12.8 Å². The van der Waals surface area contributed by atoms with Gasteiger partial charge in [-0.1, -0.05) is 18.2 Å². The Morgan fingerprint density at radius 3 is 2.82 bits per heavy atom. The maximum absolute atomic E-state index is 12.3. The summed E-state index contributed by atoms with van der Waals surface area (Å²) in [6, 6.07) is 9.15. The van der Waals surface area contributed by atoms with Crippen LogP contribution >= 0.6 is 11.8 Å². The van der Waals surface area contributed by atoms with Gasteiger partial charge in [-0.05, 0) is 30.6 Å². The number of benzene rings is 1. The van der Waals surface area contributed by atoms with Gasteiger partial charge in [0.2, 0.25) is 11.8 Å². The molecule has 1 heterocycles. The molecular weight excluding hydrogens is 300 g/mol. The van der Waals surface area contributed by atoms with Gasteiger partial charge >= 0.3 is 0 Å². The van der Waals surface area contributed by atoms with E-state index in [9.17, 15) is 14.7 Å². The third-order valence-electron chi connectivity index (χ3n) is 3.80. The standard InChI is InChI=1S/C16H22N2O3S/c1-22-8-7-13(11-19)17-16(21)12-9-15(20)18(10-12)14-5-3-2-4-6-14/h2-6,12-13,19H,7-11H2,1H3,(H,17,21)/t12-,13-/m0/s1. The largest absolute Gasteiger partial charge is 0.394 e. The first-order valence-electron chi connectivity index (χ1n) is 7.41. The van der Waals surface area contributed by atoms with E-state index in [1.807, 2.05) is 36.6 Å². The van der Waals surface area contributed by atoms with Crippen LogP contribution in [0.15, 0.2) is 30.3 Å². The van der Waals surface area contributed by atoms with Gasteiger partial charge in [-0.2, -0.15) is 11.8 Å². The van der Waals surface area contributed by atoms with Crippen molar-refractivity contribution in [3.05, 3.63) is 30.3 Å². The molecule has 0 aliphatic carbocycles. The molecule has 120 valence electrons. The Bertz CT molecular complexity index is 509. The molecule has 1 aliphatic heterocycles. The van der Waals surface area contributed by atoms with Crippen LogP contribution in [0.3, 0.4) is 0 Å². The lowest BCUT2D eigenvalue weighted by Gasteiger charge is -2.19. The summed E-state index contributed by atoms with van der Waals surface area (Å²) >= 11 is 1.68. The molecule has 0 bridgehead atoms. The predicted molar refractivity (Wildman–Crippen MR) is 88.9 cm³/mol. The zero-order chi connectivity index (χ0) is 15.9. The van der Waals surface area contributed by atoms with Crippen LogP contribution in [0.25, 0.3) is 0 Å². The molecule has 1 saturated heterocycles. The summed E-state index contributed by atoms with van der Waals surface area (Å²) in [5.74, 6) is 0.351. The third-order valence-corrected chi connectivity index (χ3v) is 4.44. The molecule has 2 amide bonds. The number of para-hydroxylation sites is 1. The molecule has 2 rings (SSSR count). The van der Waals surface area contributed by atoms with Gasteiger partial charge in [0.25, 0.3) is 0 Å². The molecule has 5 nitrogen and oxygen atoms in total. The van der Waals surface area contributed by atoms with E-state index in [1.54, 1.807) is 16.7 Å². The first-order valence-corrected chi connectivity index (χ1v) is 8.80. The Balaban J connectivity index is 1.93. The summed E-state index contributed by atoms with van der Waals surface area (Å²) in [5.41, 5.74) is 0.823. The number of thioether (sulfide) groups is 1. The van der Waals surface area contributed by atoms with Crippen molar-refractivity contribution in [2.45, 2.75) is 18.9 Å². The summed E-state index contributed by atoms with van der Waals surface area (Å²) in [5, 5.41) is 12.2. The van der Waals surface area contributed by atoms with Crippen LogP contribution in [0, 0.1) is 5.92 Å². The number of amides is 2. The molecule has 22 heavy (non-hydrogen) atoms. The topological polar surface area (TPSA) is 69.6 Å². The lowest BCUT2D eigenvalue weighted by molar-refractivity contribution is -0.127. The number of carbonyl (C=O) groups is 2. The van der Waals surface area contributed by atoms with Gasteiger partial charge in [-0.3, -0.25) is 9.59 Å². The molecule has 2 N–H and O–H groups in total. The average molecular weight is 322 g/mol. The van der Waals surface area contributed by atoms with Crippen molar-refractivity contribution in [2.75, 3.05) is 30.1 Å². The highest BCUT2D eigenvalue weighted by Crippen LogP contribution is 2.25. The monoisotopic (exact) mass is 322 g/mol. The lowest BCUT2D eigenvalue weighted by Crippen LogP contribution is -2.42. The molecule has 0 unspecified atom stereocenters. The number of hydrogen-bond acceptors (Lipinski definition) is 4. The summed E-state index contributed by atoms with van der Waals surface area (Å²) in [6.07, 6.45) is 2.94. The summed E-state index contributed by atoms with van der Waals surface area (Å²) in [4.78, 5) is 26.1. The number of aliphatic hydroxyl groups excluding tert-OH is 1. The first-order chi connectivity index (χ1) is 10.7. The first kappa shape index (κ1) is 16.8. The SMILES string of the molecule is CSCC[C@@H](CO)NC(=O)[C@H]1CC(=O)N(c2ccccc2)C1. The van der Waals surface area contributed by atoms with E-state index in [0.717, 1.165) is 17.9 Å². The van der Waals surface area contributed by atoms with Crippen LogP contribution < -0.4 is 10.2 Å². The second kappa shape index (κ2) is 8.19. The van der Waals surface area contributed by atoms with E-state index in [2.05, 4.69) is 5.32 Å². The van der Waals surface area contributed by atoms with Crippen molar-refractivity contribution < 1.29 is 14.7 Å². The Hall–Kier alpha value is -1.53. The van der Waals surface area contributed by atoms with Gasteiger partial charge in [0.05, 0.1) is 18.6 Å². The molecule has 6 heteroatoms. The quantitative estimate of drug-likeness (QED) is 0.793. The zero-order valence-electron chi connectivity index (χ0n) is 12.7. The Morgan fingerprint density at radius 2 is 2.18 bits per heavy atom. The van der Waals surface area contributed by atoms with Crippen molar-refractivity contribution in [2.24, 2.45) is 5.92 Å². The van der Waals surface area contributed by atoms with Crippen LogP contribution in [0.5, 0.6) is 0 Å². The Kier molecular flexibility index (Phi) is 6.27. The van der Waals surface area contributed by atoms with E-state index in [1.165, 1.54) is 0 Å². The van der Waals surface area contributed by atoms with E-state index in [0.29, 0.717) is 6.54 Å². The van der Waals surface area contributed by atoms with Crippen molar-refractivity contribution in [1.29, 1.82) is 0 Å². The Morgan fingerprint density at radius 1 is 1.45 bits per heavy atom. The fourth-order valence-corrected chi connectivity index (χ4v) is 3.05. The molecule has 0 aromatic heterocycles. The number of rotatable bonds is 7. The smallest absolute Gasteiger partial charge is 0.227 e.